The van der Waals surface area contributed by atoms with Gasteiger partial charge < -0.3 is 24.1 Å². The fourth-order valence-corrected chi connectivity index (χ4v) is 3.41. The molecule has 0 amide bonds. The Labute approximate surface area is 177 Å². The maximum atomic E-state index is 10.8. The van der Waals surface area contributed by atoms with Gasteiger partial charge in [0.1, 0.15) is 0 Å². The number of rotatable bonds is 10. The molecule has 0 bridgehead atoms. The van der Waals surface area contributed by atoms with Gasteiger partial charge in [-0.15, -0.1) is 0 Å². The third-order valence-electron chi connectivity index (χ3n) is 4.72. The van der Waals surface area contributed by atoms with Gasteiger partial charge in [0.05, 0.1) is 0 Å². The van der Waals surface area contributed by atoms with Gasteiger partial charge in [0.15, 0.2) is 24.1 Å². The lowest BCUT2D eigenvalue weighted by molar-refractivity contribution is -0.0672. The Bertz CT molecular complexity index is 592. The summed E-state index contributed by atoms with van der Waals surface area (Å²) >= 11 is 0. The molecule has 5 nitrogen and oxygen atoms in total. The van der Waals surface area contributed by atoms with E-state index in [1.165, 1.54) is 0 Å². The minimum atomic E-state index is -0.478. The maximum absolute atomic E-state index is 10.8. The standard InChI is InChI=1S/C24H42O5/c1-11-26-16(3)28-20-13-18(19(24(8,9)10)15-23(5,6)7)14-21(22(20)25)29-17(4)27-12-2/h13-14,16-17,19,25H,11-12,15H2,1-10H3. The van der Waals surface area contributed by atoms with E-state index in [0.29, 0.717) is 24.7 Å². The van der Waals surface area contributed by atoms with Gasteiger partial charge in [-0.2, -0.15) is 0 Å². The quantitative estimate of drug-likeness (QED) is 0.447. The van der Waals surface area contributed by atoms with Gasteiger partial charge >= 0.3 is 0 Å². The van der Waals surface area contributed by atoms with Gasteiger partial charge in [0.2, 0.25) is 5.75 Å². The van der Waals surface area contributed by atoms with Crippen molar-refractivity contribution in [3.8, 4) is 17.2 Å². The summed E-state index contributed by atoms with van der Waals surface area (Å²) < 4.78 is 22.8. The van der Waals surface area contributed by atoms with Crippen LogP contribution in [0.25, 0.3) is 0 Å². The molecule has 3 unspecified atom stereocenters. The fourth-order valence-electron chi connectivity index (χ4n) is 3.41. The van der Waals surface area contributed by atoms with Crippen molar-refractivity contribution < 1.29 is 24.1 Å². The molecule has 0 saturated heterocycles. The summed E-state index contributed by atoms with van der Waals surface area (Å²) in [5, 5.41) is 10.8. The van der Waals surface area contributed by atoms with Crippen LogP contribution in [0, 0.1) is 10.8 Å². The SMILES string of the molecule is CCOC(C)Oc1cc(C(CC(C)(C)C)C(C)(C)C)cc(OC(C)OCC)c1O. The first-order valence-corrected chi connectivity index (χ1v) is 10.7. The molecule has 0 aromatic heterocycles. The maximum Gasteiger partial charge on any atom is 0.201 e. The van der Waals surface area contributed by atoms with Crippen LogP contribution in [0.15, 0.2) is 12.1 Å². The van der Waals surface area contributed by atoms with Gasteiger partial charge in [-0.25, -0.2) is 0 Å². The van der Waals surface area contributed by atoms with Gasteiger partial charge in [-0.05, 0) is 68.6 Å². The van der Waals surface area contributed by atoms with E-state index in [4.69, 9.17) is 18.9 Å². The van der Waals surface area contributed by atoms with E-state index in [9.17, 15) is 5.11 Å². The highest BCUT2D eigenvalue weighted by molar-refractivity contribution is 5.54. The lowest BCUT2D eigenvalue weighted by Crippen LogP contribution is -2.24. The summed E-state index contributed by atoms with van der Waals surface area (Å²) in [5.41, 5.74) is 1.24. The molecule has 29 heavy (non-hydrogen) atoms. The van der Waals surface area contributed by atoms with Crippen LogP contribution >= 0.6 is 0 Å². The van der Waals surface area contributed by atoms with Crippen molar-refractivity contribution in [2.75, 3.05) is 13.2 Å². The molecule has 168 valence electrons. The lowest BCUT2D eigenvalue weighted by atomic mass is 9.69. The molecule has 1 N–H and O–H groups in total. The van der Waals surface area contributed by atoms with E-state index >= 15 is 0 Å². The fraction of sp³-hybridized carbons (Fsp3) is 0.750. The van der Waals surface area contributed by atoms with Gasteiger partial charge in [-0.1, -0.05) is 41.5 Å². The van der Waals surface area contributed by atoms with Crippen molar-refractivity contribution in [1.29, 1.82) is 0 Å². The van der Waals surface area contributed by atoms with Crippen molar-refractivity contribution in [2.45, 2.75) is 94.2 Å². The Hall–Kier alpha value is -1.46. The molecule has 0 radical (unpaired) electrons. The zero-order valence-electron chi connectivity index (χ0n) is 20.1. The average Bonchev–Trinajstić information content (AvgIpc) is 2.55. The molecule has 0 heterocycles. The predicted molar refractivity (Wildman–Crippen MR) is 118 cm³/mol. The van der Waals surface area contributed by atoms with Crippen LogP contribution in [0.2, 0.25) is 0 Å². The number of ether oxygens (including phenoxy) is 4. The number of hydrogen-bond donors (Lipinski definition) is 1. The Morgan fingerprint density at radius 2 is 1.24 bits per heavy atom. The van der Waals surface area contributed by atoms with Crippen LogP contribution in [-0.4, -0.2) is 30.9 Å². The molecule has 0 aliphatic rings. The monoisotopic (exact) mass is 410 g/mol. The third kappa shape index (κ3) is 8.43. The molecule has 0 spiro atoms. The van der Waals surface area contributed by atoms with E-state index in [-0.39, 0.29) is 22.5 Å². The number of aromatic hydroxyl groups is 1. The first kappa shape index (κ1) is 25.6. The van der Waals surface area contributed by atoms with E-state index < -0.39 is 12.6 Å². The largest absolute Gasteiger partial charge is 0.502 e. The van der Waals surface area contributed by atoms with E-state index in [0.717, 1.165) is 12.0 Å². The highest BCUT2D eigenvalue weighted by atomic mass is 16.7. The Kier molecular flexibility index (Phi) is 9.29. The molecule has 0 saturated carbocycles. The smallest absolute Gasteiger partial charge is 0.201 e. The van der Waals surface area contributed by atoms with E-state index in [1.807, 2.05) is 39.8 Å². The predicted octanol–water partition coefficient (Wildman–Crippen LogP) is 6.48. The zero-order chi connectivity index (χ0) is 22.4. The van der Waals surface area contributed by atoms with Crippen LogP contribution in [-0.2, 0) is 9.47 Å². The Morgan fingerprint density at radius 3 is 1.55 bits per heavy atom. The molecule has 0 aliphatic carbocycles. The highest BCUT2D eigenvalue weighted by Gasteiger charge is 2.32. The molecule has 1 aromatic carbocycles. The topological polar surface area (TPSA) is 57.2 Å². The first-order valence-electron chi connectivity index (χ1n) is 10.7. The molecule has 1 rings (SSSR count). The minimum Gasteiger partial charge on any atom is -0.502 e. The normalized spacial score (nSPS) is 15.7. The minimum absolute atomic E-state index is 0.0237. The molecule has 5 heteroatoms. The van der Waals surface area contributed by atoms with Crippen molar-refractivity contribution in [3.63, 3.8) is 0 Å². The first-order chi connectivity index (χ1) is 13.3. The molecule has 3 atom stereocenters. The van der Waals surface area contributed by atoms with Crippen LogP contribution in [0.1, 0.15) is 87.1 Å². The zero-order valence-corrected chi connectivity index (χ0v) is 20.1. The number of phenols is 1. The summed E-state index contributed by atoms with van der Waals surface area (Å²) in [6.07, 6.45) is 0.0328. The number of hydrogen-bond acceptors (Lipinski definition) is 5. The van der Waals surface area contributed by atoms with Crippen molar-refractivity contribution in [1.82, 2.24) is 0 Å². The number of phenolic OH excluding ortho intramolecular Hbond substituents is 1. The van der Waals surface area contributed by atoms with Crippen LogP contribution < -0.4 is 9.47 Å². The molecule has 0 aliphatic heterocycles. The second-order valence-corrected chi connectivity index (χ2v) is 9.83. The second-order valence-electron chi connectivity index (χ2n) is 9.83. The summed E-state index contributed by atoms with van der Waals surface area (Å²) in [6.45, 7) is 22.0. The van der Waals surface area contributed by atoms with Crippen molar-refractivity contribution in [3.05, 3.63) is 17.7 Å². The van der Waals surface area contributed by atoms with E-state index in [2.05, 4.69) is 41.5 Å². The third-order valence-corrected chi connectivity index (χ3v) is 4.72. The van der Waals surface area contributed by atoms with Crippen LogP contribution in [0.3, 0.4) is 0 Å². The molecular weight excluding hydrogens is 368 g/mol. The molecule has 0 fully saturated rings. The van der Waals surface area contributed by atoms with Gasteiger partial charge in [-0.3, -0.25) is 0 Å². The second kappa shape index (κ2) is 10.5. The summed E-state index contributed by atoms with van der Waals surface area (Å²) in [4.78, 5) is 0. The Morgan fingerprint density at radius 1 is 0.828 bits per heavy atom. The van der Waals surface area contributed by atoms with Gasteiger partial charge in [0, 0.05) is 13.2 Å². The van der Waals surface area contributed by atoms with Crippen LogP contribution in [0.4, 0.5) is 0 Å². The van der Waals surface area contributed by atoms with Gasteiger partial charge in [0.25, 0.3) is 0 Å². The molecular formula is C24H42O5. The summed E-state index contributed by atoms with van der Waals surface area (Å²) in [7, 11) is 0. The van der Waals surface area contributed by atoms with E-state index in [1.54, 1.807) is 0 Å². The Balaban J connectivity index is 3.45. The van der Waals surface area contributed by atoms with Crippen LogP contribution in [0.5, 0.6) is 17.2 Å². The number of benzene rings is 1. The average molecular weight is 411 g/mol. The molecule has 1 aromatic rings. The van der Waals surface area contributed by atoms with Crippen molar-refractivity contribution >= 4 is 0 Å². The van der Waals surface area contributed by atoms with Crippen molar-refractivity contribution in [2.24, 2.45) is 10.8 Å². The summed E-state index contributed by atoms with van der Waals surface area (Å²) in [6, 6.07) is 3.84. The highest BCUT2D eigenvalue weighted by Crippen LogP contribution is 2.48. The summed E-state index contributed by atoms with van der Waals surface area (Å²) in [5.74, 6) is 0.948. The lowest BCUT2D eigenvalue weighted by Gasteiger charge is -2.36.